The third kappa shape index (κ3) is 5.68. The molecule has 0 bridgehead atoms. The van der Waals surface area contributed by atoms with Gasteiger partial charge >= 0.3 is 0 Å². The molecule has 1 aliphatic rings. The molecule has 6 heteroatoms. The van der Waals surface area contributed by atoms with Gasteiger partial charge in [0.2, 0.25) is 0 Å². The maximum Gasteiger partial charge on any atom is 0.251 e. The zero-order valence-corrected chi connectivity index (χ0v) is 17.6. The SMILES string of the molecule is C=C/C=C\c1c(N)ccc(=O)n1CCN1CCC(NCc2ccc(C)c(F)c2)CC1. The number of anilines is 1. The Labute approximate surface area is 177 Å². The molecule has 2 aromatic rings. The van der Waals surface area contributed by atoms with Gasteiger partial charge in [-0.15, -0.1) is 0 Å². The van der Waals surface area contributed by atoms with Crippen LogP contribution < -0.4 is 16.6 Å². The number of hydrogen-bond donors (Lipinski definition) is 2. The highest BCUT2D eigenvalue weighted by Gasteiger charge is 2.19. The number of nitrogens with one attached hydrogen (secondary N) is 1. The Balaban J connectivity index is 1.50. The summed E-state index contributed by atoms with van der Waals surface area (Å²) in [6.07, 6.45) is 7.35. The summed E-state index contributed by atoms with van der Waals surface area (Å²) in [5.41, 5.74) is 8.98. The van der Waals surface area contributed by atoms with E-state index in [2.05, 4.69) is 16.8 Å². The summed E-state index contributed by atoms with van der Waals surface area (Å²) in [4.78, 5) is 14.7. The molecule has 0 unspecified atom stereocenters. The Morgan fingerprint density at radius 2 is 2.00 bits per heavy atom. The van der Waals surface area contributed by atoms with Crippen molar-refractivity contribution in [2.45, 2.75) is 38.9 Å². The lowest BCUT2D eigenvalue weighted by Gasteiger charge is -2.32. The van der Waals surface area contributed by atoms with Gasteiger partial charge in [-0.2, -0.15) is 0 Å². The number of nitrogens with zero attached hydrogens (tertiary/aromatic N) is 2. The summed E-state index contributed by atoms with van der Waals surface area (Å²) in [5.74, 6) is -0.150. The monoisotopic (exact) mass is 410 g/mol. The number of halogens is 1. The molecule has 3 rings (SSSR count). The third-order valence-electron chi connectivity index (χ3n) is 5.71. The predicted octanol–water partition coefficient (Wildman–Crippen LogP) is 3.33. The molecule has 0 spiro atoms. The molecule has 0 aliphatic carbocycles. The quantitative estimate of drug-likeness (QED) is 0.656. The van der Waals surface area contributed by atoms with Crippen LogP contribution in [0.3, 0.4) is 0 Å². The Bertz CT molecular complexity index is 958. The molecule has 3 N–H and O–H groups in total. The predicted molar refractivity (Wildman–Crippen MR) is 122 cm³/mol. The second-order valence-corrected chi connectivity index (χ2v) is 7.84. The first-order valence-electron chi connectivity index (χ1n) is 10.5. The second kappa shape index (κ2) is 10.4. The fraction of sp³-hybridized carbons (Fsp3) is 0.375. The topological polar surface area (TPSA) is 63.3 Å². The lowest BCUT2D eigenvalue weighted by atomic mass is 10.0. The van der Waals surface area contributed by atoms with Crippen molar-refractivity contribution in [2.24, 2.45) is 0 Å². The third-order valence-corrected chi connectivity index (χ3v) is 5.71. The van der Waals surface area contributed by atoms with E-state index in [0.717, 1.165) is 43.7 Å². The van der Waals surface area contributed by atoms with E-state index >= 15 is 0 Å². The molecule has 0 saturated carbocycles. The molecule has 5 nitrogen and oxygen atoms in total. The molecule has 0 radical (unpaired) electrons. The number of aryl methyl sites for hydroxylation is 1. The maximum atomic E-state index is 13.7. The van der Waals surface area contributed by atoms with E-state index in [0.29, 0.717) is 30.4 Å². The molecule has 0 atom stereocenters. The van der Waals surface area contributed by atoms with Gasteiger partial charge in [0.05, 0.1) is 11.4 Å². The number of benzene rings is 1. The first kappa shape index (κ1) is 22.0. The minimum Gasteiger partial charge on any atom is -0.397 e. The summed E-state index contributed by atoms with van der Waals surface area (Å²) in [6.45, 7) is 9.47. The van der Waals surface area contributed by atoms with Gasteiger partial charge in [-0.1, -0.05) is 30.9 Å². The van der Waals surface area contributed by atoms with Gasteiger partial charge in [0.15, 0.2) is 0 Å². The van der Waals surface area contributed by atoms with Gasteiger partial charge in [0.1, 0.15) is 5.82 Å². The normalized spacial score (nSPS) is 15.7. The molecule has 1 aromatic carbocycles. The summed E-state index contributed by atoms with van der Waals surface area (Å²) in [6, 6.07) is 9.00. The zero-order chi connectivity index (χ0) is 21.5. The average molecular weight is 411 g/mol. The Morgan fingerprint density at radius 3 is 2.70 bits per heavy atom. The van der Waals surface area contributed by atoms with E-state index in [1.165, 1.54) is 6.07 Å². The van der Waals surface area contributed by atoms with E-state index in [1.807, 2.05) is 18.2 Å². The zero-order valence-electron chi connectivity index (χ0n) is 17.6. The second-order valence-electron chi connectivity index (χ2n) is 7.84. The highest BCUT2D eigenvalue weighted by molar-refractivity contribution is 5.61. The van der Waals surface area contributed by atoms with Crippen LogP contribution in [0.25, 0.3) is 6.08 Å². The molecule has 0 amide bonds. The van der Waals surface area contributed by atoms with Crippen LogP contribution in [0.2, 0.25) is 0 Å². The molecular weight excluding hydrogens is 379 g/mol. The van der Waals surface area contributed by atoms with Crippen LogP contribution in [0.4, 0.5) is 10.1 Å². The number of nitrogens with two attached hydrogens (primary N) is 1. The lowest BCUT2D eigenvalue weighted by molar-refractivity contribution is 0.190. The maximum absolute atomic E-state index is 13.7. The fourth-order valence-electron chi connectivity index (χ4n) is 3.80. The molecule has 2 heterocycles. The van der Waals surface area contributed by atoms with Crippen LogP contribution in [0.15, 0.2) is 53.9 Å². The van der Waals surface area contributed by atoms with Crippen LogP contribution in [0, 0.1) is 12.7 Å². The number of rotatable bonds is 8. The van der Waals surface area contributed by atoms with Crippen LogP contribution in [0.1, 0.15) is 29.7 Å². The highest BCUT2D eigenvalue weighted by atomic mass is 19.1. The van der Waals surface area contributed by atoms with E-state index in [9.17, 15) is 9.18 Å². The van der Waals surface area contributed by atoms with Gasteiger partial charge in [-0.3, -0.25) is 4.79 Å². The van der Waals surface area contributed by atoms with Crippen LogP contribution >= 0.6 is 0 Å². The summed E-state index contributed by atoms with van der Waals surface area (Å²) >= 11 is 0. The number of piperidine rings is 1. The van der Waals surface area contributed by atoms with Crippen molar-refractivity contribution in [3.63, 3.8) is 0 Å². The van der Waals surface area contributed by atoms with Crippen molar-refractivity contribution >= 4 is 11.8 Å². The van der Waals surface area contributed by atoms with Gasteiger partial charge in [0, 0.05) is 31.7 Å². The number of likely N-dealkylation sites (tertiary alicyclic amines) is 1. The van der Waals surface area contributed by atoms with Gasteiger partial charge in [0.25, 0.3) is 5.56 Å². The van der Waals surface area contributed by atoms with Crippen molar-refractivity contribution in [2.75, 3.05) is 25.4 Å². The van der Waals surface area contributed by atoms with Crippen LogP contribution in [-0.2, 0) is 13.1 Å². The van der Waals surface area contributed by atoms with E-state index in [1.54, 1.807) is 35.8 Å². The molecule has 30 heavy (non-hydrogen) atoms. The van der Waals surface area contributed by atoms with Crippen molar-refractivity contribution < 1.29 is 4.39 Å². The standard InChI is InChI=1S/C24H31FN4O/c1-3-4-5-23-22(26)8-9-24(30)29(23)15-14-28-12-10-20(11-13-28)27-17-19-7-6-18(2)21(25)16-19/h3-9,16,20,27H,1,10-15,17,26H2,2H3/b5-4-. The molecule has 1 fully saturated rings. The van der Waals surface area contributed by atoms with Crippen LogP contribution in [0.5, 0.6) is 0 Å². The van der Waals surface area contributed by atoms with E-state index < -0.39 is 0 Å². The first-order chi connectivity index (χ1) is 14.5. The summed E-state index contributed by atoms with van der Waals surface area (Å²) in [5, 5.41) is 3.54. The molecule has 1 saturated heterocycles. The fourth-order valence-corrected chi connectivity index (χ4v) is 3.80. The lowest BCUT2D eigenvalue weighted by Crippen LogP contribution is -2.43. The number of hydrogen-bond acceptors (Lipinski definition) is 4. The molecular formula is C24H31FN4O. The average Bonchev–Trinajstić information content (AvgIpc) is 2.75. The van der Waals surface area contributed by atoms with Gasteiger partial charge in [-0.05, 0) is 62.2 Å². The Kier molecular flexibility index (Phi) is 7.60. The first-order valence-corrected chi connectivity index (χ1v) is 10.5. The number of allylic oxidation sites excluding steroid dienone is 2. The van der Waals surface area contributed by atoms with Crippen molar-refractivity contribution in [3.8, 4) is 0 Å². The van der Waals surface area contributed by atoms with E-state index in [4.69, 9.17) is 5.73 Å². The summed E-state index contributed by atoms with van der Waals surface area (Å²) < 4.78 is 15.4. The highest BCUT2D eigenvalue weighted by Crippen LogP contribution is 2.15. The van der Waals surface area contributed by atoms with Crippen molar-refractivity contribution in [3.05, 3.63) is 82.1 Å². The van der Waals surface area contributed by atoms with Crippen LogP contribution in [-0.4, -0.2) is 35.1 Å². The minimum absolute atomic E-state index is 0.0465. The van der Waals surface area contributed by atoms with Crippen molar-refractivity contribution in [1.82, 2.24) is 14.8 Å². The Morgan fingerprint density at radius 1 is 1.23 bits per heavy atom. The smallest absolute Gasteiger partial charge is 0.251 e. The van der Waals surface area contributed by atoms with E-state index in [-0.39, 0.29) is 11.4 Å². The van der Waals surface area contributed by atoms with Crippen molar-refractivity contribution in [1.29, 1.82) is 0 Å². The number of pyridine rings is 1. The number of nitrogen functional groups attached to an aromatic ring is 1. The van der Waals surface area contributed by atoms with Gasteiger partial charge in [-0.25, -0.2) is 4.39 Å². The molecule has 160 valence electrons. The molecule has 1 aliphatic heterocycles. The minimum atomic E-state index is -0.150. The largest absolute Gasteiger partial charge is 0.397 e. The Hall–Kier alpha value is -2.70. The molecule has 1 aromatic heterocycles. The number of aromatic nitrogens is 1. The summed E-state index contributed by atoms with van der Waals surface area (Å²) in [7, 11) is 0. The van der Waals surface area contributed by atoms with Gasteiger partial charge < -0.3 is 20.5 Å².